The van der Waals surface area contributed by atoms with E-state index in [0.717, 1.165) is 32.0 Å². The van der Waals surface area contributed by atoms with Gasteiger partial charge in [-0.1, -0.05) is 25.1 Å². The van der Waals surface area contributed by atoms with E-state index < -0.39 is 21.8 Å². The molecule has 1 aromatic carbocycles. The van der Waals surface area contributed by atoms with E-state index >= 15 is 0 Å². The number of alkyl halides is 3. The molecule has 4 nitrogen and oxygen atoms in total. The molecule has 2 rings (SSSR count). The minimum Gasteiger partial charge on any atom is -0.300 e. The number of sulfonamides is 1. The monoisotopic (exact) mass is 406 g/mol. The van der Waals surface area contributed by atoms with Crippen LogP contribution in [0.4, 0.5) is 13.2 Å². The van der Waals surface area contributed by atoms with E-state index in [-0.39, 0.29) is 6.04 Å². The molecule has 1 aliphatic rings. The third-order valence-electron chi connectivity index (χ3n) is 5.35. The lowest BCUT2D eigenvalue weighted by Gasteiger charge is -2.36. The molecule has 0 saturated carbocycles. The molecule has 8 heteroatoms. The van der Waals surface area contributed by atoms with Crippen LogP contribution in [0.25, 0.3) is 0 Å². The number of rotatable bonds is 7. The van der Waals surface area contributed by atoms with Crippen LogP contribution in [-0.2, 0) is 22.6 Å². The van der Waals surface area contributed by atoms with Crippen LogP contribution in [0.2, 0.25) is 0 Å². The lowest BCUT2D eigenvalue weighted by atomic mass is 9.96. The number of halogens is 3. The molecule has 1 saturated heterocycles. The van der Waals surface area contributed by atoms with Crippen molar-refractivity contribution >= 4 is 10.0 Å². The summed E-state index contributed by atoms with van der Waals surface area (Å²) in [5.74, 6) is 0.409. The minimum atomic E-state index is -4.32. The first-order valence-corrected chi connectivity index (χ1v) is 11.2. The summed E-state index contributed by atoms with van der Waals surface area (Å²) in [7, 11) is -3.13. The van der Waals surface area contributed by atoms with Crippen molar-refractivity contribution in [1.82, 2.24) is 9.21 Å². The Bertz CT molecular complexity index is 714. The van der Waals surface area contributed by atoms with Gasteiger partial charge in [0.1, 0.15) is 0 Å². The second-order valence-electron chi connectivity index (χ2n) is 7.44. The highest BCUT2D eigenvalue weighted by atomic mass is 32.2. The van der Waals surface area contributed by atoms with Crippen molar-refractivity contribution in [3.05, 3.63) is 35.4 Å². The molecule has 1 aliphatic heterocycles. The van der Waals surface area contributed by atoms with E-state index in [9.17, 15) is 21.6 Å². The maximum absolute atomic E-state index is 12.9. The maximum Gasteiger partial charge on any atom is 0.416 e. The SMILES string of the molecule is CCN(CC1CCN(S(C)(=O)=O)CC1)[C@H](C)Cc1cccc(C(F)(F)F)c1. The number of likely N-dealkylation sites (N-methyl/N-ethyl adjacent to an activating group) is 1. The normalized spacial score (nSPS) is 18.8. The summed E-state index contributed by atoms with van der Waals surface area (Å²) < 4.78 is 63.4. The quantitative estimate of drug-likeness (QED) is 0.694. The highest BCUT2D eigenvalue weighted by molar-refractivity contribution is 7.88. The lowest BCUT2D eigenvalue weighted by molar-refractivity contribution is -0.137. The van der Waals surface area contributed by atoms with E-state index in [1.807, 2.05) is 13.8 Å². The van der Waals surface area contributed by atoms with Gasteiger partial charge in [-0.05, 0) is 50.3 Å². The average Bonchev–Trinajstić information content (AvgIpc) is 2.58. The number of benzene rings is 1. The van der Waals surface area contributed by atoms with Gasteiger partial charge in [-0.25, -0.2) is 12.7 Å². The average molecular weight is 407 g/mol. The van der Waals surface area contributed by atoms with Crippen LogP contribution >= 0.6 is 0 Å². The van der Waals surface area contributed by atoms with Crippen LogP contribution in [0.15, 0.2) is 24.3 Å². The van der Waals surface area contributed by atoms with Crippen molar-refractivity contribution < 1.29 is 21.6 Å². The predicted octanol–water partition coefficient (Wildman–Crippen LogP) is 3.63. The molecule has 0 N–H and O–H groups in total. The standard InChI is InChI=1S/C19H29F3N2O2S/c1-4-23(14-16-8-10-24(11-9-16)27(3,25)26)15(2)12-17-6-5-7-18(13-17)19(20,21)22/h5-7,13,15-16H,4,8-12,14H2,1-3H3/t15-/m1/s1. The molecule has 0 unspecified atom stereocenters. The highest BCUT2D eigenvalue weighted by Crippen LogP contribution is 2.30. The zero-order chi connectivity index (χ0) is 20.2. The predicted molar refractivity (Wildman–Crippen MR) is 101 cm³/mol. The summed E-state index contributed by atoms with van der Waals surface area (Å²) >= 11 is 0. The number of hydrogen-bond acceptors (Lipinski definition) is 3. The van der Waals surface area contributed by atoms with Crippen molar-refractivity contribution in [2.45, 2.75) is 45.3 Å². The fourth-order valence-electron chi connectivity index (χ4n) is 3.72. The fourth-order valence-corrected chi connectivity index (χ4v) is 4.59. The highest BCUT2D eigenvalue weighted by Gasteiger charge is 2.31. The largest absolute Gasteiger partial charge is 0.416 e. The molecule has 1 heterocycles. The topological polar surface area (TPSA) is 40.6 Å². The lowest BCUT2D eigenvalue weighted by Crippen LogP contribution is -2.43. The molecule has 0 amide bonds. The fraction of sp³-hybridized carbons (Fsp3) is 0.684. The van der Waals surface area contributed by atoms with E-state index in [4.69, 9.17) is 0 Å². The van der Waals surface area contributed by atoms with E-state index in [1.54, 1.807) is 6.07 Å². The molecule has 0 aliphatic carbocycles. The van der Waals surface area contributed by atoms with Gasteiger partial charge >= 0.3 is 6.18 Å². The minimum absolute atomic E-state index is 0.117. The molecule has 27 heavy (non-hydrogen) atoms. The number of nitrogens with zero attached hydrogens (tertiary/aromatic N) is 2. The number of piperidine rings is 1. The number of hydrogen-bond donors (Lipinski definition) is 0. The van der Waals surface area contributed by atoms with E-state index in [0.29, 0.717) is 31.0 Å². The van der Waals surface area contributed by atoms with Crippen molar-refractivity contribution in [2.75, 3.05) is 32.4 Å². The second kappa shape index (κ2) is 8.92. The summed E-state index contributed by atoms with van der Waals surface area (Å²) in [6.07, 6.45) is -0.889. The molecule has 0 aromatic heterocycles. The van der Waals surface area contributed by atoms with E-state index in [2.05, 4.69) is 4.90 Å². The first-order chi connectivity index (χ1) is 12.5. The van der Waals surface area contributed by atoms with Crippen molar-refractivity contribution in [3.63, 3.8) is 0 Å². The molecule has 1 atom stereocenters. The van der Waals surface area contributed by atoms with Gasteiger partial charge in [0.25, 0.3) is 0 Å². The smallest absolute Gasteiger partial charge is 0.300 e. The Morgan fingerprint density at radius 2 is 1.89 bits per heavy atom. The summed E-state index contributed by atoms with van der Waals surface area (Å²) in [5, 5.41) is 0. The van der Waals surface area contributed by atoms with E-state index in [1.165, 1.54) is 22.7 Å². The Morgan fingerprint density at radius 1 is 1.26 bits per heavy atom. The Morgan fingerprint density at radius 3 is 2.41 bits per heavy atom. The Balaban J connectivity index is 1.94. The van der Waals surface area contributed by atoms with Gasteiger partial charge in [0.05, 0.1) is 11.8 Å². The van der Waals surface area contributed by atoms with Crippen LogP contribution < -0.4 is 0 Å². The maximum atomic E-state index is 12.9. The molecule has 0 spiro atoms. The van der Waals surface area contributed by atoms with Gasteiger partial charge in [0.15, 0.2) is 0 Å². The summed E-state index contributed by atoms with van der Waals surface area (Å²) in [4.78, 5) is 2.28. The molecule has 0 radical (unpaired) electrons. The zero-order valence-corrected chi connectivity index (χ0v) is 17.0. The van der Waals surface area contributed by atoms with Crippen molar-refractivity contribution in [3.8, 4) is 0 Å². The van der Waals surface area contributed by atoms with Gasteiger partial charge in [0, 0.05) is 25.7 Å². The van der Waals surface area contributed by atoms with Gasteiger partial charge in [-0.15, -0.1) is 0 Å². The third kappa shape index (κ3) is 6.47. The molecule has 154 valence electrons. The zero-order valence-electron chi connectivity index (χ0n) is 16.2. The third-order valence-corrected chi connectivity index (χ3v) is 6.65. The van der Waals surface area contributed by atoms with Crippen LogP contribution in [0, 0.1) is 5.92 Å². The molecular weight excluding hydrogens is 377 g/mol. The van der Waals surface area contributed by atoms with Crippen LogP contribution in [0.3, 0.4) is 0 Å². The molecule has 0 bridgehead atoms. The first-order valence-electron chi connectivity index (χ1n) is 9.36. The Hall–Kier alpha value is -1.12. The van der Waals surface area contributed by atoms with Crippen molar-refractivity contribution in [2.24, 2.45) is 5.92 Å². The summed E-state index contributed by atoms with van der Waals surface area (Å²) in [6.45, 7) is 6.83. The Labute approximate surface area is 160 Å². The summed E-state index contributed by atoms with van der Waals surface area (Å²) in [5.41, 5.74) is 0.0751. The van der Waals surface area contributed by atoms with Gasteiger partial charge in [-0.3, -0.25) is 0 Å². The summed E-state index contributed by atoms with van der Waals surface area (Å²) in [6, 6.07) is 5.65. The van der Waals surface area contributed by atoms with Gasteiger partial charge in [0.2, 0.25) is 10.0 Å². The van der Waals surface area contributed by atoms with Crippen LogP contribution in [-0.4, -0.2) is 56.1 Å². The first kappa shape index (κ1) is 22.2. The second-order valence-corrected chi connectivity index (χ2v) is 9.43. The van der Waals surface area contributed by atoms with Gasteiger partial charge < -0.3 is 4.90 Å². The molecule has 1 aromatic rings. The molecule has 1 fully saturated rings. The Kier molecular flexibility index (Phi) is 7.33. The van der Waals surface area contributed by atoms with Gasteiger partial charge in [-0.2, -0.15) is 13.2 Å². The van der Waals surface area contributed by atoms with Crippen LogP contribution in [0.5, 0.6) is 0 Å². The molecular formula is C19H29F3N2O2S. The van der Waals surface area contributed by atoms with Crippen LogP contribution in [0.1, 0.15) is 37.8 Å². The van der Waals surface area contributed by atoms with Crippen molar-refractivity contribution in [1.29, 1.82) is 0 Å².